The van der Waals surface area contributed by atoms with Crippen LogP contribution in [-0.4, -0.2) is 12.6 Å². The SMILES string of the molecule is CCOC(=O)c1ccc(Oc2ccc(C3C4CC5CC(C4)CC3C5)cc2)c(F)c1. The van der Waals surface area contributed by atoms with Crippen LogP contribution in [0.15, 0.2) is 42.5 Å². The Morgan fingerprint density at radius 2 is 1.62 bits per heavy atom. The first kappa shape index (κ1) is 18.7. The Morgan fingerprint density at radius 1 is 0.966 bits per heavy atom. The number of rotatable bonds is 5. The average molecular weight is 394 g/mol. The molecule has 0 spiro atoms. The zero-order valence-electron chi connectivity index (χ0n) is 16.8. The summed E-state index contributed by atoms with van der Waals surface area (Å²) in [6.07, 6.45) is 7.05. The molecule has 0 N–H and O–H groups in total. The highest BCUT2D eigenvalue weighted by Gasteiger charge is 2.48. The minimum absolute atomic E-state index is 0.112. The molecule has 4 saturated carbocycles. The van der Waals surface area contributed by atoms with Crippen LogP contribution in [0.5, 0.6) is 11.5 Å². The van der Waals surface area contributed by atoms with E-state index < -0.39 is 11.8 Å². The molecule has 2 aromatic rings. The lowest BCUT2D eigenvalue weighted by Crippen LogP contribution is -2.43. The van der Waals surface area contributed by atoms with Gasteiger partial charge in [0.15, 0.2) is 11.6 Å². The lowest BCUT2D eigenvalue weighted by molar-refractivity contribution is -0.00279. The Balaban J connectivity index is 1.29. The van der Waals surface area contributed by atoms with Gasteiger partial charge in [-0.15, -0.1) is 0 Å². The van der Waals surface area contributed by atoms with Gasteiger partial charge in [-0.2, -0.15) is 0 Å². The van der Waals surface area contributed by atoms with Gasteiger partial charge in [-0.1, -0.05) is 12.1 Å². The molecule has 0 radical (unpaired) electrons. The van der Waals surface area contributed by atoms with Gasteiger partial charge in [0.25, 0.3) is 0 Å². The summed E-state index contributed by atoms with van der Waals surface area (Å²) in [5.41, 5.74) is 1.60. The minimum Gasteiger partial charge on any atom is -0.462 e. The summed E-state index contributed by atoms with van der Waals surface area (Å²) in [5.74, 6) is 3.92. The van der Waals surface area contributed by atoms with Gasteiger partial charge in [-0.25, -0.2) is 9.18 Å². The summed E-state index contributed by atoms with van der Waals surface area (Å²) < 4.78 is 25.0. The quantitative estimate of drug-likeness (QED) is 0.556. The topological polar surface area (TPSA) is 35.5 Å². The van der Waals surface area contributed by atoms with Crippen molar-refractivity contribution in [1.82, 2.24) is 0 Å². The van der Waals surface area contributed by atoms with Gasteiger partial charge in [0.1, 0.15) is 5.75 Å². The maximum Gasteiger partial charge on any atom is 0.338 e. The minimum atomic E-state index is -0.569. The van der Waals surface area contributed by atoms with Gasteiger partial charge in [0, 0.05) is 0 Å². The molecule has 0 atom stereocenters. The summed E-state index contributed by atoms with van der Waals surface area (Å²) in [6, 6.07) is 12.4. The molecule has 4 aliphatic rings. The van der Waals surface area contributed by atoms with Crippen LogP contribution < -0.4 is 4.74 Å². The number of esters is 1. The average Bonchev–Trinajstić information content (AvgIpc) is 2.70. The van der Waals surface area contributed by atoms with E-state index in [1.54, 1.807) is 6.92 Å². The Hall–Kier alpha value is -2.36. The fourth-order valence-electron chi connectivity index (χ4n) is 6.28. The molecule has 29 heavy (non-hydrogen) atoms. The van der Waals surface area contributed by atoms with Crippen molar-refractivity contribution in [2.24, 2.45) is 23.7 Å². The van der Waals surface area contributed by atoms with Crippen molar-refractivity contribution in [2.45, 2.75) is 44.9 Å². The lowest BCUT2D eigenvalue weighted by Gasteiger charge is -2.54. The fraction of sp³-hybridized carbons (Fsp3) is 0.480. The summed E-state index contributed by atoms with van der Waals surface area (Å²) in [4.78, 5) is 11.7. The van der Waals surface area contributed by atoms with Crippen LogP contribution >= 0.6 is 0 Å². The second-order valence-electron chi connectivity index (χ2n) is 8.99. The molecule has 2 aromatic carbocycles. The highest BCUT2D eigenvalue weighted by atomic mass is 19.1. The summed E-state index contributed by atoms with van der Waals surface area (Å²) in [7, 11) is 0. The van der Waals surface area contributed by atoms with E-state index in [1.165, 1.54) is 49.8 Å². The predicted octanol–water partition coefficient (Wildman–Crippen LogP) is 6.33. The third-order valence-corrected chi connectivity index (χ3v) is 7.16. The molecular formula is C25H27FO3. The van der Waals surface area contributed by atoms with Crippen molar-refractivity contribution in [3.8, 4) is 11.5 Å². The van der Waals surface area contributed by atoms with Crippen LogP contribution in [0.2, 0.25) is 0 Å². The van der Waals surface area contributed by atoms with Crippen molar-refractivity contribution in [2.75, 3.05) is 6.61 Å². The van der Waals surface area contributed by atoms with E-state index in [1.807, 2.05) is 12.1 Å². The molecule has 0 saturated heterocycles. The number of hydrogen-bond acceptors (Lipinski definition) is 3. The van der Waals surface area contributed by atoms with E-state index in [9.17, 15) is 9.18 Å². The number of hydrogen-bond donors (Lipinski definition) is 0. The molecule has 3 nitrogen and oxygen atoms in total. The van der Waals surface area contributed by atoms with E-state index in [-0.39, 0.29) is 17.9 Å². The maximum atomic E-state index is 14.4. The number of benzene rings is 2. The molecule has 0 aromatic heterocycles. The summed E-state index contributed by atoms with van der Waals surface area (Å²) in [5, 5.41) is 0. The Kier molecular flexibility index (Phi) is 4.81. The van der Waals surface area contributed by atoms with Gasteiger partial charge in [0.2, 0.25) is 0 Å². The second kappa shape index (κ2) is 7.47. The number of carbonyl (C=O) groups is 1. The van der Waals surface area contributed by atoms with E-state index in [0.29, 0.717) is 11.7 Å². The highest BCUT2D eigenvalue weighted by molar-refractivity contribution is 5.89. The zero-order valence-corrected chi connectivity index (χ0v) is 16.8. The van der Waals surface area contributed by atoms with Crippen LogP contribution in [0.4, 0.5) is 4.39 Å². The molecule has 4 heteroatoms. The Bertz CT molecular complexity index is 877. The van der Waals surface area contributed by atoms with Gasteiger partial charge >= 0.3 is 5.97 Å². The molecule has 0 heterocycles. The number of carbonyl (C=O) groups excluding carboxylic acids is 1. The van der Waals surface area contributed by atoms with Crippen molar-refractivity contribution < 1.29 is 18.7 Å². The Labute approximate surface area is 171 Å². The van der Waals surface area contributed by atoms with E-state index in [0.717, 1.165) is 29.7 Å². The first-order valence-corrected chi connectivity index (χ1v) is 10.8. The molecule has 4 fully saturated rings. The molecule has 0 amide bonds. The third kappa shape index (κ3) is 3.54. The zero-order chi connectivity index (χ0) is 20.0. The smallest absolute Gasteiger partial charge is 0.338 e. The van der Waals surface area contributed by atoms with E-state index >= 15 is 0 Å². The van der Waals surface area contributed by atoms with Gasteiger partial charge < -0.3 is 9.47 Å². The van der Waals surface area contributed by atoms with Gasteiger partial charge in [-0.3, -0.25) is 0 Å². The molecule has 0 unspecified atom stereocenters. The van der Waals surface area contributed by atoms with Crippen molar-refractivity contribution >= 4 is 5.97 Å². The molecule has 6 rings (SSSR count). The number of ether oxygens (including phenoxy) is 2. The van der Waals surface area contributed by atoms with Crippen molar-refractivity contribution in [3.63, 3.8) is 0 Å². The maximum absolute atomic E-state index is 14.4. The monoisotopic (exact) mass is 394 g/mol. The van der Waals surface area contributed by atoms with Crippen LogP contribution in [0.3, 0.4) is 0 Å². The Morgan fingerprint density at radius 3 is 2.21 bits per heavy atom. The second-order valence-corrected chi connectivity index (χ2v) is 8.99. The molecule has 0 aliphatic heterocycles. The van der Waals surface area contributed by atoms with Crippen LogP contribution in [0.25, 0.3) is 0 Å². The van der Waals surface area contributed by atoms with Crippen LogP contribution in [0.1, 0.15) is 60.9 Å². The largest absolute Gasteiger partial charge is 0.462 e. The normalized spacial score (nSPS) is 29.7. The summed E-state index contributed by atoms with van der Waals surface area (Å²) in [6.45, 7) is 1.98. The molecule has 4 bridgehead atoms. The van der Waals surface area contributed by atoms with E-state index in [2.05, 4.69) is 12.1 Å². The summed E-state index contributed by atoms with van der Waals surface area (Å²) >= 11 is 0. The molecular weight excluding hydrogens is 367 g/mol. The van der Waals surface area contributed by atoms with Crippen LogP contribution in [0, 0.1) is 29.5 Å². The molecule has 4 aliphatic carbocycles. The predicted molar refractivity (Wildman–Crippen MR) is 109 cm³/mol. The number of halogens is 1. The van der Waals surface area contributed by atoms with E-state index in [4.69, 9.17) is 9.47 Å². The lowest BCUT2D eigenvalue weighted by atomic mass is 9.51. The molecule has 152 valence electrons. The fourth-order valence-corrected chi connectivity index (χ4v) is 6.28. The highest BCUT2D eigenvalue weighted by Crippen LogP contribution is 2.59. The van der Waals surface area contributed by atoms with Crippen molar-refractivity contribution in [3.05, 3.63) is 59.4 Å². The van der Waals surface area contributed by atoms with Gasteiger partial charge in [-0.05, 0) is 105 Å². The standard InChI is InChI=1S/C25H27FO3/c1-2-28-25(27)18-5-8-23(22(26)14-18)29-21-6-3-17(4-7-21)24-19-10-15-9-16(12-19)13-20(24)11-15/h3-8,14-16,19-20,24H,2,9-13H2,1H3. The van der Waals surface area contributed by atoms with Crippen LogP contribution in [-0.2, 0) is 4.74 Å². The third-order valence-electron chi connectivity index (χ3n) is 7.16. The van der Waals surface area contributed by atoms with Gasteiger partial charge in [0.05, 0.1) is 12.2 Å². The first-order valence-electron chi connectivity index (χ1n) is 10.8. The van der Waals surface area contributed by atoms with Crippen molar-refractivity contribution in [1.29, 1.82) is 0 Å². The first-order chi connectivity index (χ1) is 14.1.